The normalized spacial score (nSPS) is 15.0. The summed E-state index contributed by atoms with van der Waals surface area (Å²) in [5, 5.41) is 20.4. The number of rotatable bonds is 7. The summed E-state index contributed by atoms with van der Waals surface area (Å²) in [4.78, 5) is 26.3. The Morgan fingerprint density at radius 1 is 1.00 bits per heavy atom. The summed E-state index contributed by atoms with van der Waals surface area (Å²) in [6, 6.07) is 24.4. The van der Waals surface area contributed by atoms with Crippen molar-refractivity contribution in [2.45, 2.75) is 26.7 Å². The van der Waals surface area contributed by atoms with Crippen LogP contribution in [0.4, 0.5) is 11.4 Å². The van der Waals surface area contributed by atoms with E-state index in [1.807, 2.05) is 62.4 Å². The average Bonchev–Trinajstić information content (AvgIpc) is 2.90. The number of thioether (sulfide) groups is 1. The average molecular weight is 543 g/mol. The zero-order chi connectivity index (χ0) is 27.2. The minimum atomic E-state index is -0.598. The first-order chi connectivity index (χ1) is 18.3. The van der Waals surface area contributed by atoms with Crippen LogP contribution in [-0.2, 0) is 9.59 Å². The van der Waals surface area contributed by atoms with E-state index in [0.717, 1.165) is 22.4 Å². The van der Waals surface area contributed by atoms with Crippen molar-refractivity contribution in [2.24, 2.45) is 0 Å². The largest absolute Gasteiger partial charge is 0.353 e. The van der Waals surface area contributed by atoms with E-state index in [-0.39, 0.29) is 17.6 Å². The molecule has 192 valence electrons. The maximum atomic E-state index is 13.5. The van der Waals surface area contributed by atoms with Gasteiger partial charge < -0.3 is 16.0 Å². The van der Waals surface area contributed by atoms with Crippen LogP contribution in [0, 0.1) is 25.2 Å². The summed E-state index contributed by atoms with van der Waals surface area (Å²) in [5.41, 5.74) is 5.69. The molecule has 38 heavy (non-hydrogen) atoms. The third kappa shape index (κ3) is 6.28. The molecule has 0 aromatic heterocycles. The summed E-state index contributed by atoms with van der Waals surface area (Å²) >= 11 is 7.22. The van der Waals surface area contributed by atoms with Crippen molar-refractivity contribution < 1.29 is 9.59 Å². The lowest BCUT2D eigenvalue weighted by Crippen LogP contribution is -2.31. The van der Waals surface area contributed by atoms with E-state index in [9.17, 15) is 14.9 Å². The highest BCUT2D eigenvalue weighted by atomic mass is 35.5. The highest BCUT2D eigenvalue weighted by Gasteiger charge is 2.34. The third-order valence-corrected chi connectivity index (χ3v) is 7.40. The van der Waals surface area contributed by atoms with Crippen LogP contribution in [0.3, 0.4) is 0 Å². The fraction of sp³-hybridized carbons (Fsp3) is 0.167. The molecule has 0 bridgehead atoms. The van der Waals surface area contributed by atoms with Crippen LogP contribution in [0.5, 0.6) is 0 Å². The second-order valence-corrected chi connectivity index (χ2v) is 10.4. The quantitative estimate of drug-likeness (QED) is 0.310. The van der Waals surface area contributed by atoms with E-state index < -0.39 is 5.92 Å². The van der Waals surface area contributed by atoms with E-state index in [2.05, 4.69) is 22.0 Å². The molecule has 6 nitrogen and oxygen atoms in total. The molecule has 1 aliphatic heterocycles. The zero-order valence-electron chi connectivity index (χ0n) is 21.3. The SMILES string of the molecule is CC1=C(C(=O)Nc2ccc(Cl)cc2)[C@H](c2ccccc2)C(C#N)=C(SCC(=O)Nc2ccc(C)cc2C)N1. The van der Waals surface area contributed by atoms with Gasteiger partial charge in [0.1, 0.15) is 0 Å². The van der Waals surface area contributed by atoms with Gasteiger partial charge in [0.25, 0.3) is 5.91 Å². The van der Waals surface area contributed by atoms with Gasteiger partial charge in [0.05, 0.1) is 28.3 Å². The highest BCUT2D eigenvalue weighted by molar-refractivity contribution is 8.03. The number of amides is 2. The fourth-order valence-corrected chi connectivity index (χ4v) is 5.33. The lowest BCUT2D eigenvalue weighted by atomic mass is 9.82. The van der Waals surface area contributed by atoms with Crippen LogP contribution in [0.2, 0.25) is 5.02 Å². The molecule has 0 spiro atoms. The van der Waals surface area contributed by atoms with Crippen molar-refractivity contribution in [1.29, 1.82) is 5.26 Å². The van der Waals surface area contributed by atoms with E-state index in [4.69, 9.17) is 11.6 Å². The number of nitrogens with one attached hydrogen (secondary N) is 3. The standard InChI is InChI=1S/C30H27ClN4O2S/c1-18-9-14-25(19(2)15-18)35-26(36)17-38-30-24(16-32)28(21-7-5-4-6-8-21)27(20(3)33-30)29(37)34-23-12-10-22(31)11-13-23/h4-15,28,33H,17H2,1-3H3,(H,34,37)(H,35,36)/t28-/m1/s1. The molecule has 0 saturated heterocycles. The van der Waals surface area contributed by atoms with Crippen LogP contribution in [-0.4, -0.2) is 17.6 Å². The number of anilines is 2. The topological polar surface area (TPSA) is 94.0 Å². The van der Waals surface area contributed by atoms with Gasteiger partial charge in [-0.3, -0.25) is 9.59 Å². The molecule has 1 atom stereocenters. The number of allylic oxidation sites excluding steroid dienone is 2. The molecular formula is C30H27ClN4O2S. The molecule has 8 heteroatoms. The summed E-state index contributed by atoms with van der Waals surface area (Å²) in [5.74, 6) is -1.00. The third-order valence-electron chi connectivity index (χ3n) is 6.13. The van der Waals surface area contributed by atoms with Crippen LogP contribution < -0.4 is 16.0 Å². The van der Waals surface area contributed by atoms with Crippen molar-refractivity contribution in [1.82, 2.24) is 5.32 Å². The lowest BCUT2D eigenvalue weighted by Gasteiger charge is -2.30. The van der Waals surface area contributed by atoms with Gasteiger partial charge in [-0.1, -0.05) is 71.4 Å². The Morgan fingerprint density at radius 3 is 2.37 bits per heavy atom. The number of halogens is 1. The summed E-state index contributed by atoms with van der Waals surface area (Å²) < 4.78 is 0. The van der Waals surface area contributed by atoms with Crippen LogP contribution in [0.15, 0.2) is 94.7 Å². The number of carbonyl (C=O) groups excluding carboxylic acids is 2. The summed E-state index contributed by atoms with van der Waals surface area (Å²) in [6.07, 6.45) is 0. The van der Waals surface area contributed by atoms with Crippen molar-refractivity contribution in [3.63, 3.8) is 0 Å². The number of dihydropyridines is 1. The molecule has 0 aliphatic carbocycles. The lowest BCUT2D eigenvalue weighted by molar-refractivity contribution is -0.114. The van der Waals surface area contributed by atoms with Gasteiger partial charge in [0, 0.05) is 27.7 Å². The van der Waals surface area contributed by atoms with E-state index in [1.165, 1.54) is 11.8 Å². The molecule has 0 radical (unpaired) electrons. The maximum Gasteiger partial charge on any atom is 0.254 e. The van der Waals surface area contributed by atoms with Gasteiger partial charge in [-0.2, -0.15) is 5.26 Å². The van der Waals surface area contributed by atoms with Crippen LogP contribution >= 0.6 is 23.4 Å². The minimum Gasteiger partial charge on any atom is -0.353 e. The zero-order valence-corrected chi connectivity index (χ0v) is 22.8. The van der Waals surface area contributed by atoms with Gasteiger partial charge >= 0.3 is 0 Å². The smallest absolute Gasteiger partial charge is 0.254 e. The van der Waals surface area contributed by atoms with E-state index in [0.29, 0.717) is 32.6 Å². The number of aryl methyl sites for hydroxylation is 2. The molecule has 1 heterocycles. The van der Waals surface area contributed by atoms with Crippen LogP contribution in [0.1, 0.15) is 29.5 Å². The molecule has 0 saturated carbocycles. The number of hydrogen-bond acceptors (Lipinski definition) is 5. The van der Waals surface area contributed by atoms with Crippen LogP contribution in [0.25, 0.3) is 0 Å². The van der Waals surface area contributed by atoms with E-state index >= 15 is 0 Å². The number of hydrogen-bond donors (Lipinski definition) is 3. The molecule has 4 rings (SSSR count). The Morgan fingerprint density at radius 2 is 1.71 bits per heavy atom. The first-order valence-electron chi connectivity index (χ1n) is 12.0. The minimum absolute atomic E-state index is 0.0991. The highest BCUT2D eigenvalue weighted by Crippen LogP contribution is 2.41. The first kappa shape index (κ1) is 27.1. The van der Waals surface area contributed by atoms with Crippen molar-refractivity contribution in [3.8, 4) is 6.07 Å². The second kappa shape index (κ2) is 12.0. The number of nitriles is 1. The molecule has 3 aromatic rings. The molecule has 3 N–H and O–H groups in total. The Bertz CT molecular complexity index is 1470. The van der Waals surface area contributed by atoms with Gasteiger partial charge in [-0.05, 0) is 62.2 Å². The summed E-state index contributed by atoms with van der Waals surface area (Å²) in [6.45, 7) is 5.75. The number of carbonyl (C=O) groups is 2. The molecular weight excluding hydrogens is 516 g/mol. The van der Waals surface area contributed by atoms with E-state index in [1.54, 1.807) is 31.2 Å². The predicted octanol–water partition coefficient (Wildman–Crippen LogP) is 6.66. The molecule has 0 fully saturated rings. The molecule has 3 aromatic carbocycles. The van der Waals surface area contributed by atoms with Gasteiger partial charge in [0.2, 0.25) is 5.91 Å². The Labute approximate surface area is 231 Å². The Balaban J connectivity index is 1.60. The molecule has 1 aliphatic rings. The number of nitrogens with zero attached hydrogens (tertiary/aromatic N) is 1. The fourth-order valence-electron chi connectivity index (χ4n) is 4.32. The van der Waals surface area contributed by atoms with Crippen molar-refractivity contribution >= 4 is 46.6 Å². The Kier molecular flexibility index (Phi) is 8.57. The molecule has 2 amide bonds. The molecule has 0 unspecified atom stereocenters. The second-order valence-electron chi connectivity index (χ2n) is 8.98. The van der Waals surface area contributed by atoms with Crippen molar-refractivity contribution in [3.05, 3.63) is 116 Å². The van der Waals surface area contributed by atoms with Gasteiger partial charge in [0.15, 0.2) is 0 Å². The maximum absolute atomic E-state index is 13.5. The van der Waals surface area contributed by atoms with Gasteiger partial charge in [-0.25, -0.2) is 0 Å². The monoisotopic (exact) mass is 542 g/mol. The first-order valence-corrected chi connectivity index (χ1v) is 13.4. The number of benzene rings is 3. The predicted molar refractivity (Wildman–Crippen MR) is 155 cm³/mol. The Hall–Kier alpha value is -3.99. The van der Waals surface area contributed by atoms with Gasteiger partial charge in [-0.15, -0.1) is 0 Å². The summed E-state index contributed by atoms with van der Waals surface area (Å²) in [7, 11) is 0. The van der Waals surface area contributed by atoms with Crippen molar-refractivity contribution in [2.75, 3.05) is 16.4 Å².